The van der Waals surface area contributed by atoms with Crippen molar-refractivity contribution in [1.82, 2.24) is 4.90 Å². The lowest BCUT2D eigenvalue weighted by Crippen LogP contribution is -2.77. The highest BCUT2D eigenvalue weighted by Gasteiger charge is 2.72. The predicted octanol–water partition coefficient (Wildman–Crippen LogP) is 1.59. The second kappa shape index (κ2) is 10.5. The number of aliphatic hydroxyl groups excluding tert-OH is 1. The van der Waals surface area contributed by atoms with Crippen LogP contribution in [0, 0.1) is 23.7 Å². The van der Waals surface area contributed by atoms with Crippen LogP contribution in [-0.2, 0) is 25.4 Å². The van der Waals surface area contributed by atoms with Crippen molar-refractivity contribution in [3.05, 3.63) is 64.2 Å². The molecular weight excluding hydrogens is 585 g/mol. The van der Waals surface area contributed by atoms with Crippen molar-refractivity contribution in [2.45, 2.75) is 36.8 Å². The molecule has 0 aliphatic heterocycles. The van der Waals surface area contributed by atoms with E-state index in [0.29, 0.717) is 5.56 Å². The van der Waals surface area contributed by atoms with Gasteiger partial charge in [0.2, 0.25) is 5.91 Å². The normalized spacial score (nSPS) is 32.1. The van der Waals surface area contributed by atoms with E-state index in [-0.39, 0.29) is 16.7 Å². The Balaban J connectivity index is 1.58. The minimum atomic E-state index is -4.52. The molecule has 0 spiro atoms. The Hall–Kier alpha value is -4.20. The Morgan fingerprint density at radius 1 is 1.00 bits per heavy atom. The van der Waals surface area contributed by atoms with Gasteiger partial charge in [0.25, 0.3) is 0 Å². The van der Waals surface area contributed by atoms with E-state index in [9.17, 15) is 52.5 Å². The van der Waals surface area contributed by atoms with Crippen LogP contribution >= 0.6 is 0 Å². The van der Waals surface area contributed by atoms with Crippen molar-refractivity contribution in [2.75, 3.05) is 14.1 Å². The third-order valence-electron chi connectivity index (χ3n) is 9.21. The van der Waals surface area contributed by atoms with E-state index in [4.69, 9.17) is 5.73 Å². The van der Waals surface area contributed by atoms with Crippen molar-refractivity contribution in [3.63, 3.8) is 0 Å². The van der Waals surface area contributed by atoms with Crippen molar-refractivity contribution in [3.8, 4) is 5.75 Å². The van der Waals surface area contributed by atoms with Gasteiger partial charge in [-0.25, -0.2) is 0 Å². The number of ketones is 4. The summed E-state index contributed by atoms with van der Waals surface area (Å²) in [7, 11) is 2.81. The van der Waals surface area contributed by atoms with E-state index < -0.39 is 93.9 Å². The topological polar surface area (TPSA) is 175 Å². The average molecular weight is 615 g/mol. The van der Waals surface area contributed by atoms with E-state index in [1.807, 2.05) is 0 Å². The van der Waals surface area contributed by atoms with Crippen LogP contribution in [0.4, 0.5) is 13.2 Å². The molecule has 0 saturated heterocycles. The molecule has 0 bridgehead atoms. The summed E-state index contributed by atoms with van der Waals surface area (Å²) in [6.07, 6.45) is -3.49. The summed E-state index contributed by atoms with van der Waals surface area (Å²) >= 11 is 0. The van der Waals surface area contributed by atoms with Crippen LogP contribution in [0.2, 0.25) is 0 Å². The van der Waals surface area contributed by atoms with E-state index in [0.717, 1.165) is 12.1 Å². The van der Waals surface area contributed by atoms with Gasteiger partial charge in [-0.2, -0.15) is 13.2 Å². The summed E-state index contributed by atoms with van der Waals surface area (Å²) in [5, 5.41) is 34.5. The number of phenols is 1. The average Bonchev–Trinajstić information content (AvgIpc) is 2.93. The van der Waals surface area contributed by atoms with Crippen molar-refractivity contribution >= 4 is 41.2 Å². The summed E-state index contributed by atoms with van der Waals surface area (Å²) in [6.45, 7) is 1.59. The second-order valence-corrected chi connectivity index (χ2v) is 11.8. The van der Waals surface area contributed by atoms with Gasteiger partial charge in [-0.05, 0) is 43.3 Å². The lowest BCUT2D eigenvalue weighted by Gasteiger charge is -2.56. The molecule has 10 nitrogen and oxygen atoms in total. The van der Waals surface area contributed by atoms with Crippen LogP contribution < -0.4 is 5.73 Å². The highest BCUT2D eigenvalue weighted by Crippen LogP contribution is 2.54. The van der Waals surface area contributed by atoms with Crippen LogP contribution in [0.25, 0.3) is 12.2 Å². The standard InChI is InChI=1S/C31H29F3N2O8/c1-12-16-11-8-14(7-4-13-5-9-15(10-6-13)31(32,33)34)23(37)18(16)24(38)19-17(12)25(39)21-22(36(2)3)26(40)20(29(35)43)28(42)30(21,44)27(19)41/h4-12,17,19-22,25,37,39,44H,1-3H3,(H2,35,43)/b7-4+. The maximum atomic E-state index is 14.0. The number of primary amides is 1. The van der Waals surface area contributed by atoms with Crippen molar-refractivity contribution < 1.29 is 52.5 Å². The fourth-order valence-corrected chi connectivity index (χ4v) is 7.11. The van der Waals surface area contributed by atoms with E-state index in [2.05, 4.69) is 0 Å². The number of nitrogens with two attached hydrogens (primary N) is 1. The lowest BCUT2D eigenvalue weighted by molar-refractivity contribution is -0.196. The number of carbonyl (C=O) groups excluding carboxylic acids is 5. The number of amides is 1. The van der Waals surface area contributed by atoms with E-state index in [1.165, 1.54) is 55.4 Å². The number of fused-ring (bicyclic) bond motifs is 3. The number of rotatable bonds is 4. The largest absolute Gasteiger partial charge is 0.507 e. The SMILES string of the molecule is CC1c2ccc(/C=C/c3ccc(C(F)(F)F)cc3)c(O)c2C(=O)C2C(=O)C3(O)C(=O)C(C(N)=O)C(=O)C(N(C)C)C3C(O)C21. The summed E-state index contributed by atoms with van der Waals surface area (Å²) in [5.74, 6) is -14.4. The number of alkyl halides is 3. The first-order valence-electron chi connectivity index (χ1n) is 13.7. The summed E-state index contributed by atoms with van der Waals surface area (Å²) in [5.41, 5.74) is 1.79. The molecule has 0 heterocycles. The molecule has 2 aromatic rings. The number of benzene rings is 2. The summed E-state index contributed by atoms with van der Waals surface area (Å²) < 4.78 is 38.7. The molecule has 0 aromatic heterocycles. The number of halogens is 3. The highest BCUT2D eigenvalue weighted by atomic mass is 19.4. The molecule has 5 rings (SSSR count). The van der Waals surface area contributed by atoms with Gasteiger partial charge in [-0.15, -0.1) is 0 Å². The molecule has 2 saturated carbocycles. The highest BCUT2D eigenvalue weighted by molar-refractivity contribution is 6.32. The first kappa shape index (κ1) is 31.2. The molecule has 1 amide bonds. The first-order valence-corrected chi connectivity index (χ1v) is 13.7. The molecule has 3 aliphatic carbocycles. The van der Waals surface area contributed by atoms with E-state index >= 15 is 0 Å². The number of Topliss-reactive ketones (excluding diaryl/α,β-unsaturated/α-hetero) is 4. The molecule has 3 aliphatic rings. The Labute approximate surface area is 249 Å². The number of nitrogens with zero attached hydrogens (tertiary/aromatic N) is 1. The Morgan fingerprint density at radius 2 is 1.61 bits per heavy atom. The molecule has 2 aromatic carbocycles. The molecule has 0 radical (unpaired) electrons. The molecule has 44 heavy (non-hydrogen) atoms. The van der Waals surface area contributed by atoms with Gasteiger partial charge in [0.1, 0.15) is 5.75 Å². The van der Waals surface area contributed by atoms with Gasteiger partial charge >= 0.3 is 6.18 Å². The van der Waals surface area contributed by atoms with Crippen LogP contribution in [0.15, 0.2) is 36.4 Å². The van der Waals surface area contributed by atoms with Crippen molar-refractivity contribution in [1.29, 1.82) is 0 Å². The zero-order valence-electron chi connectivity index (χ0n) is 23.7. The maximum Gasteiger partial charge on any atom is 0.416 e. The fraction of sp³-hybridized carbons (Fsp3) is 0.387. The molecule has 13 heteroatoms. The van der Waals surface area contributed by atoms with Gasteiger partial charge in [0, 0.05) is 11.5 Å². The molecule has 2 fully saturated rings. The first-order chi connectivity index (χ1) is 20.4. The molecular formula is C31H29F3N2O8. The number of aliphatic hydroxyl groups is 2. The van der Waals surface area contributed by atoms with E-state index in [1.54, 1.807) is 6.92 Å². The third-order valence-corrected chi connectivity index (χ3v) is 9.21. The number of likely N-dealkylation sites (N-methyl/N-ethyl adjacent to an activating group) is 1. The summed E-state index contributed by atoms with van der Waals surface area (Å²) in [4.78, 5) is 68.0. The molecule has 8 atom stereocenters. The van der Waals surface area contributed by atoms with Gasteiger partial charge in [-0.3, -0.25) is 28.9 Å². The minimum absolute atomic E-state index is 0.0869. The number of hydrogen-bond acceptors (Lipinski definition) is 9. The van der Waals surface area contributed by atoms with Crippen LogP contribution in [0.3, 0.4) is 0 Å². The zero-order valence-corrected chi connectivity index (χ0v) is 23.7. The number of aromatic hydroxyl groups is 1. The van der Waals surface area contributed by atoms with Gasteiger partial charge in [-0.1, -0.05) is 43.3 Å². The second-order valence-electron chi connectivity index (χ2n) is 11.8. The van der Waals surface area contributed by atoms with Crippen LogP contribution in [0.5, 0.6) is 5.75 Å². The fourth-order valence-electron chi connectivity index (χ4n) is 7.11. The molecule has 232 valence electrons. The maximum absolute atomic E-state index is 14.0. The lowest BCUT2D eigenvalue weighted by atomic mass is 9.49. The molecule has 8 unspecified atom stereocenters. The summed E-state index contributed by atoms with van der Waals surface area (Å²) in [6, 6.07) is 5.71. The van der Waals surface area contributed by atoms with Crippen LogP contribution in [0.1, 0.15) is 45.5 Å². The molecule has 5 N–H and O–H groups in total. The minimum Gasteiger partial charge on any atom is -0.507 e. The van der Waals surface area contributed by atoms with Crippen LogP contribution in [-0.4, -0.2) is 81.1 Å². The van der Waals surface area contributed by atoms with Gasteiger partial charge in [0.05, 0.1) is 35.1 Å². The zero-order chi connectivity index (χ0) is 32.6. The Morgan fingerprint density at radius 3 is 2.16 bits per heavy atom. The monoisotopic (exact) mass is 614 g/mol. The number of phenolic OH excluding ortho intramolecular Hbond substituents is 1. The number of carbonyl (C=O) groups is 5. The smallest absolute Gasteiger partial charge is 0.416 e. The van der Waals surface area contributed by atoms with Gasteiger partial charge in [0.15, 0.2) is 34.7 Å². The quantitative estimate of drug-likeness (QED) is 0.294. The third kappa shape index (κ3) is 4.41. The van der Waals surface area contributed by atoms with Gasteiger partial charge < -0.3 is 21.1 Å². The van der Waals surface area contributed by atoms with Crippen molar-refractivity contribution in [2.24, 2.45) is 29.4 Å². The predicted molar refractivity (Wildman–Crippen MR) is 148 cm³/mol. The Bertz CT molecular complexity index is 1630. The Kier molecular flexibility index (Phi) is 7.43. The number of hydrogen-bond donors (Lipinski definition) is 4.